The second-order valence-electron chi connectivity index (χ2n) is 3.28. The van der Waals surface area contributed by atoms with Crippen molar-refractivity contribution in [3.63, 3.8) is 0 Å². The molecule has 0 aliphatic carbocycles. The van der Waals surface area contributed by atoms with Gasteiger partial charge in [-0.2, -0.15) is 0 Å². The summed E-state index contributed by atoms with van der Waals surface area (Å²) in [5, 5.41) is 0.399. The smallest absolute Gasteiger partial charge is 0.327 e. The summed E-state index contributed by atoms with van der Waals surface area (Å²) in [6.45, 7) is 1.86. The summed E-state index contributed by atoms with van der Waals surface area (Å²) in [7, 11) is 0. The van der Waals surface area contributed by atoms with Gasteiger partial charge in [-0.05, 0) is 19.1 Å². The normalized spacial score (nSPS) is 10.5. The number of amides is 1. The third-order valence-electron chi connectivity index (χ3n) is 2.15. The van der Waals surface area contributed by atoms with Crippen molar-refractivity contribution in [3.8, 4) is 0 Å². The summed E-state index contributed by atoms with van der Waals surface area (Å²) in [6, 6.07) is 4.45. The molecule has 2 N–H and O–H groups in total. The number of hydrogen-bond donors (Lipinski definition) is 1. The number of aromatic nitrogens is 2. The van der Waals surface area contributed by atoms with E-state index in [4.69, 9.17) is 5.73 Å². The molecule has 15 heavy (non-hydrogen) atoms. The first-order chi connectivity index (χ1) is 7.09. The van der Waals surface area contributed by atoms with Crippen LogP contribution in [0.4, 0.5) is 4.79 Å². The summed E-state index contributed by atoms with van der Waals surface area (Å²) in [4.78, 5) is 26.6. The number of rotatable bonds is 0. The Morgan fingerprint density at radius 1 is 1.47 bits per heavy atom. The molecule has 5 nitrogen and oxygen atoms in total. The van der Waals surface area contributed by atoms with Crippen LogP contribution in [-0.2, 0) is 0 Å². The summed E-state index contributed by atoms with van der Waals surface area (Å²) in [5.41, 5.74) is 6.09. The molecular weight excluding hydrogens is 194 g/mol. The van der Waals surface area contributed by atoms with Gasteiger partial charge in [0.1, 0.15) is 6.33 Å². The highest BCUT2D eigenvalue weighted by molar-refractivity contribution is 5.82. The van der Waals surface area contributed by atoms with Crippen LogP contribution < -0.4 is 11.3 Å². The maximum absolute atomic E-state index is 11.7. The maximum atomic E-state index is 11.7. The molecule has 0 radical (unpaired) electrons. The number of nitrogens with two attached hydrogens (primary N) is 1. The molecule has 1 aromatic heterocycles. The minimum atomic E-state index is -0.823. The average Bonchev–Trinajstić information content (AvgIpc) is 2.19. The molecule has 0 aliphatic rings. The molecule has 0 unspecified atom stereocenters. The Bertz CT molecular complexity index is 601. The molecule has 0 saturated carbocycles. The zero-order valence-electron chi connectivity index (χ0n) is 8.10. The van der Waals surface area contributed by atoms with E-state index in [9.17, 15) is 9.59 Å². The third-order valence-corrected chi connectivity index (χ3v) is 2.15. The predicted octanol–water partition coefficient (Wildman–Crippen LogP) is 0.632. The Morgan fingerprint density at radius 3 is 2.87 bits per heavy atom. The first-order valence-electron chi connectivity index (χ1n) is 4.37. The van der Waals surface area contributed by atoms with Crippen LogP contribution in [0.3, 0.4) is 0 Å². The lowest BCUT2D eigenvalue weighted by molar-refractivity contribution is 0.249. The standard InChI is InChI=1S/C10H9N3O2/c1-6-2-3-8-7(4-6)9(14)13(5-12-8)10(11)15/h2-5H,1H3,(H2,11,15). The van der Waals surface area contributed by atoms with E-state index >= 15 is 0 Å². The Kier molecular flexibility index (Phi) is 2.00. The zero-order valence-corrected chi connectivity index (χ0v) is 8.10. The van der Waals surface area contributed by atoms with E-state index in [0.717, 1.165) is 16.5 Å². The molecule has 1 amide bonds. The van der Waals surface area contributed by atoms with Crippen molar-refractivity contribution >= 4 is 16.9 Å². The molecule has 0 atom stereocenters. The highest BCUT2D eigenvalue weighted by Gasteiger charge is 2.06. The van der Waals surface area contributed by atoms with Crippen molar-refractivity contribution in [1.29, 1.82) is 0 Å². The van der Waals surface area contributed by atoms with Gasteiger partial charge in [0.2, 0.25) is 0 Å². The fourth-order valence-corrected chi connectivity index (χ4v) is 1.39. The Labute approximate surface area is 85.2 Å². The number of nitrogens with zero attached hydrogens (tertiary/aromatic N) is 2. The molecule has 0 saturated heterocycles. The zero-order chi connectivity index (χ0) is 11.0. The molecule has 5 heteroatoms. The van der Waals surface area contributed by atoms with E-state index in [2.05, 4.69) is 4.98 Å². The lowest BCUT2D eigenvalue weighted by Crippen LogP contribution is -2.31. The second-order valence-corrected chi connectivity index (χ2v) is 3.28. The number of carbonyl (C=O) groups excluding carboxylic acids is 1. The molecular formula is C10H9N3O2. The van der Waals surface area contributed by atoms with Crippen LogP contribution in [0, 0.1) is 6.92 Å². The molecule has 0 bridgehead atoms. The highest BCUT2D eigenvalue weighted by atomic mass is 16.2. The Balaban J connectivity index is 2.89. The monoisotopic (exact) mass is 203 g/mol. The van der Waals surface area contributed by atoms with Crippen molar-refractivity contribution in [2.24, 2.45) is 5.73 Å². The molecule has 0 aliphatic heterocycles. The molecule has 2 rings (SSSR count). The minimum Gasteiger partial charge on any atom is -0.351 e. The van der Waals surface area contributed by atoms with Crippen LogP contribution >= 0.6 is 0 Å². The summed E-state index contributed by atoms with van der Waals surface area (Å²) in [5.74, 6) is 0. The van der Waals surface area contributed by atoms with Gasteiger partial charge in [-0.25, -0.2) is 14.3 Å². The number of benzene rings is 1. The van der Waals surface area contributed by atoms with Crippen LogP contribution in [0.2, 0.25) is 0 Å². The fourth-order valence-electron chi connectivity index (χ4n) is 1.39. The van der Waals surface area contributed by atoms with Crippen molar-refractivity contribution in [2.75, 3.05) is 0 Å². The SMILES string of the molecule is Cc1ccc2ncn(C(N)=O)c(=O)c2c1. The van der Waals surface area contributed by atoms with Gasteiger partial charge in [-0.1, -0.05) is 11.6 Å². The van der Waals surface area contributed by atoms with Crippen molar-refractivity contribution in [3.05, 3.63) is 40.4 Å². The van der Waals surface area contributed by atoms with E-state index in [0.29, 0.717) is 10.9 Å². The van der Waals surface area contributed by atoms with Crippen LogP contribution in [0.25, 0.3) is 10.9 Å². The van der Waals surface area contributed by atoms with E-state index in [1.807, 2.05) is 13.0 Å². The minimum absolute atomic E-state index is 0.399. The van der Waals surface area contributed by atoms with Crippen molar-refractivity contribution < 1.29 is 4.79 Å². The number of primary amides is 1. The van der Waals surface area contributed by atoms with Gasteiger partial charge in [0, 0.05) is 0 Å². The van der Waals surface area contributed by atoms with Gasteiger partial charge in [-0.15, -0.1) is 0 Å². The van der Waals surface area contributed by atoms with E-state index in [1.54, 1.807) is 12.1 Å². The molecule has 1 aromatic carbocycles. The van der Waals surface area contributed by atoms with Crippen LogP contribution in [0.15, 0.2) is 29.3 Å². The summed E-state index contributed by atoms with van der Waals surface area (Å²) in [6.07, 6.45) is 1.14. The second kappa shape index (κ2) is 3.20. The molecule has 0 fully saturated rings. The topological polar surface area (TPSA) is 78.0 Å². The predicted molar refractivity (Wildman–Crippen MR) is 55.7 cm³/mol. The Morgan fingerprint density at radius 2 is 2.20 bits per heavy atom. The molecule has 2 aromatic rings. The summed E-state index contributed by atoms with van der Waals surface area (Å²) >= 11 is 0. The number of fused-ring (bicyclic) bond motifs is 1. The van der Waals surface area contributed by atoms with Crippen LogP contribution in [0.5, 0.6) is 0 Å². The largest absolute Gasteiger partial charge is 0.351 e. The first-order valence-corrected chi connectivity index (χ1v) is 4.37. The molecule has 0 spiro atoms. The lowest BCUT2D eigenvalue weighted by atomic mass is 10.2. The van der Waals surface area contributed by atoms with Gasteiger partial charge >= 0.3 is 6.03 Å². The third kappa shape index (κ3) is 1.48. The lowest BCUT2D eigenvalue weighted by Gasteiger charge is -2.02. The highest BCUT2D eigenvalue weighted by Crippen LogP contribution is 2.08. The van der Waals surface area contributed by atoms with Crippen molar-refractivity contribution in [2.45, 2.75) is 6.92 Å². The van der Waals surface area contributed by atoms with Gasteiger partial charge < -0.3 is 5.73 Å². The van der Waals surface area contributed by atoms with E-state index in [-0.39, 0.29) is 0 Å². The van der Waals surface area contributed by atoms with Crippen LogP contribution in [0.1, 0.15) is 5.56 Å². The first kappa shape index (κ1) is 9.39. The molecule has 76 valence electrons. The van der Waals surface area contributed by atoms with Gasteiger partial charge in [0.25, 0.3) is 5.56 Å². The van der Waals surface area contributed by atoms with Crippen LogP contribution in [-0.4, -0.2) is 15.6 Å². The summed E-state index contributed by atoms with van der Waals surface area (Å²) < 4.78 is 0.793. The quantitative estimate of drug-likeness (QED) is 0.682. The number of hydrogen-bond acceptors (Lipinski definition) is 3. The molecule has 1 heterocycles. The maximum Gasteiger partial charge on any atom is 0.327 e. The van der Waals surface area contributed by atoms with Gasteiger partial charge in [-0.3, -0.25) is 4.79 Å². The van der Waals surface area contributed by atoms with E-state index < -0.39 is 11.6 Å². The Hall–Kier alpha value is -2.17. The average molecular weight is 203 g/mol. The number of carbonyl (C=O) groups is 1. The van der Waals surface area contributed by atoms with Gasteiger partial charge in [0.05, 0.1) is 10.9 Å². The fraction of sp³-hybridized carbons (Fsp3) is 0.100. The van der Waals surface area contributed by atoms with Crippen molar-refractivity contribution in [1.82, 2.24) is 9.55 Å². The van der Waals surface area contributed by atoms with Gasteiger partial charge in [0.15, 0.2) is 0 Å². The van der Waals surface area contributed by atoms with E-state index in [1.165, 1.54) is 0 Å². The number of aryl methyl sites for hydroxylation is 1.